The molecule has 0 saturated carbocycles. The molecule has 0 spiro atoms. The van der Waals surface area contributed by atoms with Gasteiger partial charge in [-0.25, -0.2) is 9.67 Å². The third-order valence-electron chi connectivity index (χ3n) is 6.50. The fraction of sp³-hybridized carbons (Fsp3) is 0.214. The number of nitrogens with zero attached hydrogens (tertiary/aromatic N) is 4. The van der Waals surface area contributed by atoms with Gasteiger partial charge in [0, 0.05) is 30.1 Å². The van der Waals surface area contributed by atoms with Crippen LogP contribution in [0.4, 0.5) is 11.4 Å². The summed E-state index contributed by atoms with van der Waals surface area (Å²) in [6.45, 7) is 0. The van der Waals surface area contributed by atoms with Crippen molar-refractivity contribution in [3.8, 4) is 17.3 Å². The number of ether oxygens (including phenoxy) is 2. The number of nitrogens with one attached hydrogen (secondary N) is 1. The van der Waals surface area contributed by atoms with Crippen LogP contribution in [0.5, 0.6) is 11.5 Å². The van der Waals surface area contributed by atoms with Gasteiger partial charge < -0.3 is 19.7 Å². The van der Waals surface area contributed by atoms with Crippen molar-refractivity contribution < 1.29 is 19.1 Å². The van der Waals surface area contributed by atoms with Crippen molar-refractivity contribution in [2.45, 2.75) is 18.9 Å². The van der Waals surface area contributed by atoms with Gasteiger partial charge in [0.05, 0.1) is 38.1 Å². The molecule has 2 atom stereocenters. The molecule has 0 bridgehead atoms. The number of rotatable bonds is 7. The molecule has 9 nitrogen and oxygen atoms in total. The number of aromatic nitrogens is 3. The lowest BCUT2D eigenvalue weighted by atomic mass is 9.82. The highest BCUT2D eigenvalue weighted by atomic mass is 16.5. The Morgan fingerprint density at radius 1 is 1.00 bits per heavy atom. The standard InChI is InChI=1S/C28H27N5O4/c1-36-21-11-9-20(10-12-21)33-26(34)15-13-23(27(33)22-6-3-4-7-24(22)37-2)28(35)31-19-8-14-25(29-18-19)32-17-5-16-30-32/h3-12,14,16-18,23,27H,13,15H2,1-2H3,(H,31,35). The first-order valence-electron chi connectivity index (χ1n) is 11.9. The van der Waals surface area contributed by atoms with Gasteiger partial charge in [-0.05, 0) is 55.0 Å². The highest BCUT2D eigenvalue weighted by molar-refractivity contribution is 6.00. The second-order valence-corrected chi connectivity index (χ2v) is 8.64. The third-order valence-corrected chi connectivity index (χ3v) is 6.50. The zero-order valence-corrected chi connectivity index (χ0v) is 20.6. The molecule has 2 amide bonds. The minimum atomic E-state index is -0.567. The Labute approximate surface area is 214 Å². The number of carbonyl (C=O) groups excluding carboxylic acids is 2. The number of hydrogen-bond acceptors (Lipinski definition) is 6. The van der Waals surface area contributed by atoms with Gasteiger partial charge in [0.25, 0.3) is 0 Å². The molecule has 1 saturated heterocycles. The summed E-state index contributed by atoms with van der Waals surface area (Å²) in [5.41, 5.74) is 2.01. The Morgan fingerprint density at radius 3 is 2.49 bits per heavy atom. The molecule has 37 heavy (non-hydrogen) atoms. The van der Waals surface area contributed by atoms with E-state index >= 15 is 0 Å². The Hall–Kier alpha value is -4.66. The largest absolute Gasteiger partial charge is 0.497 e. The molecule has 9 heteroatoms. The van der Waals surface area contributed by atoms with Crippen LogP contribution < -0.4 is 19.7 Å². The van der Waals surface area contributed by atoms with Gasteiger partial charge in [-0.1, -0.05) is 18.2 Å². The van der Waals surface area contributed by atoms with Crippen LogP contribution in [0.15, 0.2) is 85.3 Å². The SMILES string of the molecule is COc1ccc(N2C(=O)CCC(C(=O)Nc3ccc(-n4cccn4)nc3)C2c2ccccc2OC)cc1. The van der Waals surface area contributed by atoms with E-state index in [9.17, 15) is 9.59 Å². The number of amides is 2. The predicted molar refractivity (Wildman–Crippen MR) is 139 cm³/mol. The molecular formula is C28H27N5O4. The highest BCUT2D eigenvalue weighted by Crippen LogP contribution is 2.43. The van der Waals surface area contributed by atoms with E-state index in [2.05, 4.69) is 15.4 Å². The minimum Gasteiger partial charge on any atom is -0.497 e. The average molecular weight is 498 g/mol. The van der Waals surface area contributed by atoms with Crippen LogP contribution in [0.25, 0.3) is 5.82 Å². The van der Waals surface area contributed by atoms with Crippen molar-refractivity contribution in [2.75, 3.05) is 24.4 Å². The fourth-order valence-corrected chi connectivity index (χ4v) is 4.72. The summed E-state index contributed by atoms with van der Waals surface area (Å²) >= 11 is 0. The van der Waals surface area contributed by atoms with Crippen LogP contribution in [0.3, 0.4) is 0 Å². The molecule has 1 aliphatic rings. The van der Waals surface area contributed by atoms with E-state index in [0.29, 0.717) is 35.1 Å². The number of hydrogen-bond donors (Lipinski definition) is 1. The molecule has 2 aromatic carbocycles. The maximum absolute atomic E-state index is 13.7. The number of pyridine rings is 1. The topological polar surface area (TPSA) is 98.6 Å². The summed E-state index contributed by atoms with van der Waals surface area (Å²) < 4.78 is 12.6. The second-order valence-electron chi connectivity index (χ2n) is 8.64. The molecular weight excluding hydrogens is 470 g/mol. The average Bonchev–Trinajstić information content (AvgIpc) is 3.48. The zero-order chi connectivity index (χ0) is 25.8. The van der Waals surface area contributed by atoms with E-state index in [1.54, 1.807) is 66.7 Å². The van der Waals surface area contributed by atoms with Crippen molar-refractivity contribution in [3.63, 3.8) is 0 Å². The number of benzene rings is 2. The van der Waals surface area contributed by atoms with E-state index in [-0.39, 0.29) is 18.2 Å². The Kier molecular flexibility index (Phi) is 6.85. The van der Waals surface area contributed by atoms with E-state index in [1.807, 2.05) is 42.5 Å². The number of para-hydroxylation sites is 1. The van der Waals surface area contributed by atoms with E-state index in [4.69, 9.17) is 9.47 Å². The van der Waals surface area contributed by atoms with Crippen molar-refractivity contribution in [3.05, 3.63) is 90.9 Å². The molecule has 1 N–H and O–H groups in total. The Bertz CT molecular complexity index is 1370. The summed E-state index contributed by atoms with van der Waals surface area (Å²) in [7, 11) is 3.18. The lowest BCUT2D eigenvalue weighted by Gasteiger charge is -2.41. The normalized spacial score (nSPS) is 17.4. The molecule has 0 radical (unpaired) electrons. The second kappa shape index (κ2) is 10.5. The molecule has 3 heterocycles. The molecule has 4 aromatic rings. The van der Waals surface area contributed by atoms with Gasteiger partial charge in [0.2, 0.25) is 11.8 Å². The van der Waals surface area contributed by atoms with Crippen molar-refractivity contribution in [1.82, 2.24) is 14.8 Å². The van der Waals surface area contributed by atoms with Gasteiger partial charge in [-0.15, -0.1) is 0 Å². The minimum absolute atomic E-state index is 0.0598. The first-order chi connectivity index (χ1) is 18.1. The molecule has 0 aliphatic carbocycles. The number of methoxy groups -OCH3 is 2. The fourth-order valence-electron chi connectivity index (χ4n) is 4.72. The summed E-state index contributed by atoms with van der Waals surface area (Å²) in [6.07, 6.45) is 5.72. The van der Waals surface area contributed by atoms with Gasteiger partial charge in [0.15, 0.2) is 5.82 Å². The van der Waals surface area contributed by atoms with Crippen LogP contribution in [-0.4, -0.2) is 40.8 Å². The third kappa shape index (κ3) is 4.88. The zero-order valence-electron chi connectivity index (χ0n) is 20.6. The molecule has 188 valence electrons. The van der Waals surface area contributed by atoms with Crippen molar-refractivity contribution in [2.24, 2.45) is 5.92 Å². The molecule has 1 aliphatic heterocycles. The van der Waals surface area contributed by atoms with Gasteiger partial charge in [0.1, 0.15) is 11.5 Å². The lowest BCUT2D eigenvalue weighted by molar-refractivity contribution is -0.126. The van der Waals surface area contributed by atoms with Gasteiger partial charge in [-0.3, -0.25) is 9.59 Å². The Balaban J connectivity index is 1.49. The maximum Gasteiger partial charge on any atom is 0.229 e. The van der Waals surface area contributed by atoms with E-state index in [0.717, 1.165) is 5.56 Å². The van der Waals surface area contributed by atoms with E-state index < -0.39 is 12.0 Å². The lowest BCUT2D eigenvalue weighted by Crippen LogP contribution is -2.47. The summed E-state index contributed by atoms with van der Waals surface area (Å²) in [6, 6.07) is 19.6. The molecule has 2 aromatic heterocycles. The van der Waals surface area contributed by atoms with Crippen molar-refractivity contribution in [1.29, 1.82) is 0 Å². The van der Waals surface area contributed by atoms with E-state index in [1.165, 1.54) is 0 Å². The Morgan fingerprint density at radius 2 is 1.81 bits per heavy atom. The van der Waals surface area contributed by atoms with Gasteiger partial charge in [-0.2, -0.15) is 5.10 Å². The number of carbonyl (C=O) groups is 2. The summed E-state index contributed by atoms with van der Waals surface area (Å²) in [5.74, 6) is 1.16. The van der Waals surface area contributed by atoms with Gasteiger partial charge >= 0.3 is 0 Å². The first kappa shape index (κ1) is 24.1. The van der Waals surface area contributed by atoms with Crippen LogP contribution in [0.2, 0.25) is 0 Å². The predicted octanol–water partition coefficient (Wildman–Crippen LogP) is 4.41. The molecule has 2 unspecified atom stereocenters. The number of piperidine rings is 1. The van der Waals surface area contributed by atoms with Crippen LogP contribution in [0, 0.1) is 5.92 Å². The molecule has 1 fully saturated rings. The highest BCUT2D eigenvalue weighted by Gasteiger charge is 2.42. The quantitative estimate of drug-likeness (QED) is 0.406. The smallest absolute Gasteiger partial charge is 0.229 e. The summed E-state index contributed by atoms with van der Waals surface area (Å²) in [4.78, 5) is 33.1. The van der Waals surface area contributed by atoms with Crippen LogP contribution in [-0.2, 0) is 9.59 Å². The maximum atomic E-state index is 13.7. The monoisotopic (exact) mass is 497 g/mol. The van der Waals surface area contributed by atoms with Crippen LogP contribution in [0.1, 0.15) is 24.4 Å². The first-order valence-corrected chi connectivity index (χ1v) is 11.9. The van der Waals surface area contributed by atoms with Crippen LogP contribution >= 0.6 is 0 Å². The number of anilines is 2. The summed E-state index contributed by atoms with van der Waals surface area (Å²) in [5, 5.41) is 7.17. The molecule has 5 rings (SSSR count). The van der Waals surface area contributed by atoms with Crippen molar-refractivity contribution >= 4 is 23.2 Å².